The lowest BCUT2D eigenvalue weighted by Gasteiger charge is -2.00. The van der Waals surface area contributed by atoms with E-state index in [-0.39, 0.29) is 11.6 Å². The number of carbonyl (C=O) groups is 1. The summed E-state index contributed by atoms with van der Waals surface area (Å²) in [6.07, 6.45) is 1.25. The Morgan fingerprint density at radius 2 is 2.08 bits per heavy atom. The zero-order chi connectivity index (χ0) is 8.72. The van der Waals surface area contributed by atoms with Crippen molar-refractivity contribution in [2.75, 3.05) is 0 Å². The Morgan fingerprint density at radius 1 is 1.33 bits per heavy atom. The van der Waals surface area contributed by atoms with Gasteiger partial charge in [0.15, 0.2) is 5.78 Å². The smallest absolute Gasteiger partial charge is 0.164 e. The van der Waals surface area contributed by atoms with E-state index in [0.717, 1.165) is 12.0 Å². The van der Waals surface area contributed by atoms with E-state index in [1.807, 2.05) is 0 Å². The van der Waals surface area contributed by atoms with Crippen molar-refractivity contribution in [1.82, 2.24) is 0 Å². The fourth-order valence-electron chi connectivity index (χ4n) is 1.47. The van der Waals surface area contributed by atoms with Crippen molar-refractivity contribution in [3.05, 3.63) is 33.5 Å². The normalized spacial score (nSPS) is 15.0. The first kappa shape index (κ1) is 7.92. The molecular formula is C9H6BrFO. The molecule has 0 N–H and O–H groups in total. The number of hydrogen-bond acceptors (Lipinski definition) is 1. The number of halogens is 2. The van der Waals surface area contributed by atoms with Gasteiger partial charge in [0.25, 0.3) is 0 Å². The van der Waals surface area contributed by atoms with E-state index in [2.05, 4.69) is 15.9 Å². The molecule has 0 spiro atoms. The minimum atomic E-state index is -0.357. The largest absolute Gasteiger partial charge is 0.294 e. The SMILES string of the molecule is O=C1CCc2ccc(F)c(Br)c21. The number of ketones is 1. The lowest BCUT2D eigenvalue weighted by molar-refractivity contribution is 0.0993. The van der Waals surface area contributed by atoms with E-state index in [9.17, 15) is 9.18 Å². The lowest BCUT2D eigenvalue weighted by Crippen LogP contribution is -1.94. The van der Waals surface area contributed by atoms with Crippen LogP contribution in [0.3, 0.4) is 0 Å². The Balaban J connectivity index is 2.71. The summed E-state index contributed by atoms with van der Waals surface area (Å²) < 4.78 is 13.3. The Bertz CT molecular complexity index is 360. The van der Waals surface area contributed by atoms with Crippen LogP contribution in [0.1, 0.15) is 22.3 Å². The van der Waals surface area contributed by atoms with Crippen molar-refractivity contribution < 1.29 is 9.18 Å². The van der Waals surface area contributed by atoms with Gasteiger partial charge in [-0.1, -0.05) is 6.07 Å². The van der Waals surface area contributed by atoms with Crippen LogP contribution in [-0.4, -0.2) is 5.78 Å². The van der Waals surface area contributed by atoms with Crippen molar-refractivity contribution in [1.29, 1.82) is 0 Å². The number of benzene rings is 1. The van der Waals surface area contributed by atoms with Gasteiger partial charge in [0, 0.05) is 12.0 Å². The molecule has 3 heteroatoms. The van der Waals surface area contributed by atoms with Gasteiger partial charge in [0.2, 0.25) is 0 Å². The zero-order valence-electron chi connectivity index (χ0n) is 6.23. The average Bonchev–Trinajstić information content (AvgIpc) is 2.41. The highest BCUT2D eigenvalue weighted by Gasteiger charge is 2.23. The third-order valence-corrected chi connectivity index (χ3v) is 2.86. The molecule has 0 bridgehead atoms. The fourth-order valence-corrected chi connectivity index (χ4v) is 2.08. The van der Waals surface area contributed by atoms with E-state index in [1.165, 1.54) is 6.07 Å². The molecule has 0 amide bonds. The van der Waals surface area contributed by atoms with Gasteiger partial charge in [-0.25, -0.2) is 4.39 Å². The molecule has 0 aromatic heterocycles. The molecule has 1 nitrogen and oxygen atoms in total. The third kappa shape index (κ3) is 1.00. The summed E-state index contributed by atoms with van der Waals surface area (Å²) in [6.45, 7) is 0. The summed E-state index contributed by atoms with van der Waals surface area (Å²) >= 11 is 3.08. The fraction of sp³-hybridized carbons (Fsp3) is 0.222. The Labute approximate surface area is 77.7 Å². The van der Waals surface area contributed by atoms with Crippen LogP contribution >= 0.6 is 15.9 Å². The molecule has 1 aromatic rings. The maximum absolute atomic E-state index is 12.9. The molecule has 0 saturated carbocycles. The van der Waals surface area contributed by atoms with E-state index in [0.29, 0.717) is 16.5 Å². The second kappa shape index (κ2) is 2.66. The number of carbonyl (C=O) groups excluding carboxylic acids is 1. The average molecular weight is 229 g/mol. The van der Waals surface area contributed by atoms with Crippen molar-refractivity contribution >= 4 is 21.7 Å². The van der Waals surface area contributed by atoms with Gasteiger partial charge in [-0.3, -0.25) is 4.79 Å². The first-order valence-electron chi connectivity index (χ1n) is 3.70. The Morgan fingerprint density at radius 3 is 2.83 bits per heavy atom. The van der Waals surface area contributed by atoms with Gasteiger partial charge in [0.05, 0.1) is 4.47 Å². The molecule has 2 rings (SSSR count). The van der Waals surface area contributed by atoms with Crippen LogP contribution in [-0.2, 0) is 6.42 Å². The van der Waals surface area contributed by atoms with Gasteiger partial charge >= 0.3 is 0 Å². The molecule has 0 unspecified atom stereocenters. The van der Waals surface area contributed by atoms with Gasteiger partial charge < -0.3 is 0 Å². The van der Waals surface area contributed by atoms with Gasteiger partial charge in [-0.05, 0) is 34.0 Å². The summed E-state index contributed by atoms with van der Waals surface area (Å²) in [5.41, 5.74) is 1.49. The lowest BCUT2D eigenvalue weighted by atomic mass is 10.1. The topological polar surface area (TPSA) is 17.1 Å². The highest BCUT2D eigenvalue weighted by atomic mass is 79.9. The number of aryl methyl sites for hydroxylation is 1. The summed E-state index contributed by atoms with van der Waals surface area (Å²) in [6, 6.07) is 3.07. The maximum Gasteiger partial charge on any atom is 0.164 e. The predicted octanol–water partition coefficient (Wildman–Crippen LogP) is 2.72. The second-order valence-electron chi connectivity index (χ2n) is 2.82. The van der Waals surface area contributed by atoms with Crippen molar-refractivity contribution in [2.45, 2.75) is 12.8 Å². The number of hydrogen-bond donors (Lipinski definition) is 0. The van der Waals surface area contributed by atoms with Gasteiger partial charge in [0.1, 0.15) is 5.82 Å². The van der Waals surface area contributed by atoms with Gasteiger partial charge in [-0.15, -0.1) is 0 Å². The monoisotopic (exact) mass is 228 g/mol. The van der Waals surface area contributed by atoms with Crippen LogP contribution in [0.5, 0.6) is 0 Å². The second-order valence-corrected chi connectivity index (χ2v) is 3.61. The Hall–Kier alpha value is -0.700. The quantitative estimate of drug-likeness (QED) is 0.668. The van der Waals surface area contributed by atoms with E-state index < -0.39 is 0 Å². The van der Waals surface area contributed by atoms with Gasteiger partial charge in [-0.2, -0.15) is 0 Å². The van der Waals surface area contributed by atoms with E-state index >= 15 is 0 Å². The van der Waals surface area contributed by atoms with Crippen LogP contribution in [0.25, 0.3) is 0 Å². The molecule has 1 aliphatic rings. The summed E-state index contributed by atoms with van der Waals surface area (Å²) in [7, 11) is 0. The summed E-state index contributed by atoms with van der Waals surface area (Å²) in [5.74, 6) is -0.319. The first-order valence-corrected chi connectivity index (χ1v) is 4.49. The minimum Gasteiger partial charge on any atom is -0.294 e. The van der Waals surface area contributed by atoms with Crippen molar-refractivity contribution in [3.8, 4) is 0 Å². The molecule has 0 radical (unpaired) electrons. The predicted molar refractivity (Wildman–Crippen MR) is 46.8 cm³/mol. The van der Waals surface area contributed by atoms with Crippen LogP contribution in [0.4, 0.5) is 4.39 Å². The molecule has 0 aliphatic heterocycles. The first-order chi connectivity index (χ1) is 5.70. The Kier molecular flexibility index (Phi) is 1.76. The minimum absolute atomic E-state index is 0.0383. The van der Waals surface area contributed by atoms with Crippen LogP contribution < -0.4 is 0 Å². The van der Waals surface area contributed by atoms with Crippen molar-refractivity contribution in [3.63, 3.8) is 0 Å². The van der Waals surface area contributed by atoms with Crippen molar-refractivity contribution in [2.24, 2.45) is 0 Å². The van der Waals surface area contributed by atoms with Crippen LogP contribution in [0.15, 0.2) is 16.6 Å². The molecule has 0 atom stereocenters. The molecule has 1 aromatic carbocycles. The molecule has 12 heavy (non-hydrogen) atoms. The third-order valence-electron chi connectivity index (χ3n) is 2.08. The zero-order valence-corrected chi connectivity index (χ0v) is 7.82. The molecule has 0 fully saturated rings. The standard InChI is InChI=1S/C9H6BrFO/c10-9-6(11)3-1-5-2-4-7(12)8(5)9/h1,3H,2,4H2. The molecule has 0 heterocycles. The number of Topliss-reactive ketones (excluding diaryl/α,β-unsaturated/α-hetero) is 1. The van der Waals surface area contributed by atoms with E-state index in [4.69, 9.17) is 0 Å². The number of fused-ring (bicyclic) bond motifs is 1. The van der Waals surface area contributed by atoms with Crippen LogP contribution in [0.2, 0.25) is 0 Å². The molecule has 62 valence electrons. The molecular weight excluding hydrogens is 223 g/mol. The molecule has 1 aliphatic carbocycles. The van der Waals surface area contributed by atoms with E-state index in [1.54, 1.807) is 6.07 Å². The van der Waals surface area contributed by atoms with Crippen LogP contribution in [0, 0.1) is 5.82 Å². The highest BCUT2D eigenvalue weighted by molar-refractivity contribution is 9.10. The highest BCUT2D eigenvalue weighted by Crippen LogP contribution is 2.30. The summed E-state index contributed by atoms with van der Waals surface area (Å²) in [5, 5.41) is 0. The summed E-state index contributed by atoms with van der Waals surface area (Å²) in [4.78, 5) is 11.2. The number of rotatable bonds is 0. The maximum atomic E-state index is 12.9. The molecule has 0 saturated heterocycles.